The second kappa shape index (κ2) is 54.6. The first-order valence-corrected chi connectivity index (χ1v) is 37.3. The van der Waals surface area contributed by atoms with E-state index in [4.69, 9.17) is 37.9 Å². The van der Waals surface area contributed by atoms with Gasteiger partial charge in [-0.3, -0.25) is 24.0 Å². The molecule has 0 aliphatic heterocycles. The van der Waals surface area contributed by atoms with Gasteiger partial charge in [-0.15, -0.1) is 0 Å². The highest BCUT2D eigenvalue weighted by atomic mass is 16.6. The van der Waals surface area contributed by atoms with E-state index in [1.807, 2.05) is 24.3 Å². The Kier molecular flexibility index (Phi) is 49.6. The average molecular weight is 1390 g/mol. The fourth-order valence-electron chi connectivity index (χ4n) is 10.5. The molecule has 2 aromatic carbocycles. The molecule has 21 nitrogen and oxygen atoms in total. The van der Waals surface area contributed by atoms with Gasteiger partial charge in [0.05, 0.1) is 117 Å². The van der Waals surface area contributed by atoms with Crippen LogP contribution in [-0.2, 0) is 38.1 Å². The zero-order valence-electron chi connectivity index (χ0n) is 60.6. The summed E-state index contributed by atoms with van der Waals surface area (Å²) in [5, 5.41) is 75.4. The second-order valence-electron chi connectivity index (χ2n) is 27.8. The topological polar surface area (TPSA) is 321 Å². The van der Waals surface area contributed by atoms with E-state index in [-0.39, 0.29) is 32.2 Å². The van der Waals surface area contributed by atoms with Crippen molar-refractivity contribution in [1.29, 1.82) is 0 Å². The number of carbonyl (C=O) groups excluding carboxylic acids is 5. The van der Waals surface area contributed by atoms with Gasteiger partial charge in [0, 0.05) is 12.1 Å². The Hall–Kier alpha value is -5.13. The van der Waals surface area contributed by atoms with Gasteiger partial charge in [0.25, 0.3) is 0 Å². The van der Waals surface area contributed by atoms with Crippen LogP contribution in [-0.4, -0.2) is 176 Å². The van der Waals surface area contributed by atoms with Gasteiger partial charge >= 0.3 is 23.9 Å². The molecule has 564 valence electrons. The summed E-state index contributed by atoms with van der Waals surface area (Å²) >= 11 is 0. The highest BCUT2D eigenvalue weighted by Crippen LogP contribution is 2.34. The number of rotatable bonds is 66. The number of unbranched alkanes of at least 4 members (excludes halogenated alkanes) is 32. The van der Waals surface area contributed by atoms with Crippen LogP contribution in [0.5, 0.6) is 23.0 Å². The summed E-state index contributed by atoms with van der Waals surface area (Å²) in [4.78, 5) is 63.6. The van der Waals surface area contributed by atoms with Crippen LogP contribution < -0.4 is 18.9 Å². The number of ether oxygens (including phenoxy) is 8. The average Bonchev–Trinajstić information content (AvgIpc) is 0.815. The quantitative estimate of drug-likeness (QED) is 0.0132. The maximum atomic E-state index is 14.9. The van der Waals surface area contributed by atoms with Crippen molar-refractivity contribution < 1.29 is 103 Å². The van der Waals surface area contributed by atoms with Crippen molar-refractivity contribution in [3.8, 4) is 23.0 Å². The minimum Gasteiger partial charge on any atom is -0.493 e. The number of aliphatic hydroxyl groups is 8. The number of hydrogen-bond donors (Lipinski definition) is 8. The van der Waals surface area contributed by atoms with Crippen LogP contribution in [0.3, 0.4) is 0 Å². The number of carbonyl (C=O) groups is 5. The molecule has 0 aromatic heterocycles. The van der Waals surface area contributed by atoms with E-state index in [0.717, 1.165) is 231 Å². The molecule has 0 aliphatic carbocycles. The SMILES string of the molecule is CC(CO)(CO)C(=O)OCCCCCCCCCCCOc1ccc(C(=O)c2ccc(OCCCCCCCCCCCOC(=O)C(C)(CO)CO)cc2OCCCCCCCCCCCOC(=O)C(C)(CO)CO)c(OCCCCCCCCCCCOC(=O)C(C)(CO)CO)c1. The Balaban J connectivity index is 2.07. The van der Waals surface area contributed by atoms with Crippen LogP contribution in [0.1, 0.15) is 275 Å². The first-order chi connectivity index (χ1) is 47.4. The van der Waals surface area contributed by atoms with Crippen molar-refractivity contribution in [2.75, 3.05) is 106 Å². The van der Waals surface area contributed by atoms with Crippen LogP contribution >= 0.6 is 0 Å². The molecule has 21 heteroatoms. The molecule has 0 spiro atoms. The normalized spacial score (nSPS) is 12.0. The van der Waals surface area contributed by atoms with Crippen LogP contribution in [0.4, 0.5) is 0 Å². The molecule has 0 atom stereocenters. The van der Waals surface area contributed by atoms with E-state index in [1.54, 1.807) is 12.1 Å². The largest absolute Gasteiger partial charge is 0.493 e. The molecule has 0 heterocycles. The number of esters is 4. The number of benzene rings is 2. The molecule has 2 rings (SSSR count). The molecule has 0 aliphatic rings. The molecule has 2 aromatic rings. The molecule has 0 saturated heterocycles. The lowest BCUT2D eigenvalue weighted by Crippen LogP contribution is -2.37. The maximum Gasteiger partial charge on any atom is 0.316 e. The molecular weight excluding hydrogens is 1260 g/mol. The maximum absolute atomic E-state index is 14.9. The highest BCUT2D eigenvalue weighted by molar-refractivity contribution is 6.12. The van der Waals surface area contributed by atoms with E-state index >= 15 is 0 Å². The van der Waals surface area contributed by atoms with Crippen molar-refractivity contribution in [3.05, 3.63) is 47.5 Å². The lowest BCUT2D eigenvalue weighted by molar-refractivity contribution is -0.161. The van der Waals surface area contributed by atoms with Crippen molar-refractivity contribution in [3.63, 3.8) is 0 Å². The van der Waals surface area contributed by atoms with Gasteiger partial charge in [-0.1, -0.05) is 180 Å². The van der Waals surface area contributed by atoms with Crippen molar-refractivity contribution in [2.24, 2.45) is 21.7 Å². The first-order valence-electron chi connectivity index (χ1n) is 37.3. The van der Waals surface area contributed by atoms with Crippen LogP contribution in [0.2, 0.25) is 0 Å². The summed E-state index contributed by atoms with van der Waals surface area (Å²) in [7, 11) is 0. The molecular formula is C77H130O21. The summed E-state index contributed by atoms with van der Waals surface area (Å²) in [6.45, 7) is 5.15. The molecule has 98 heavy (non-hydrogen) atoms. The number of hydrogen-bond acceptors (Lipinski definition) is 21. The van der Waals surface area contributed by atoms with Crippen LogP contribution in [0.25, 0.3) is 0 Å². The fraction of sp³-hybridized carbons (Fsp3) is 0.779. The summed E-state index contributed by atoms with van der Waals surface area (Å²) in [6, 6.07) is 10.9. The van der Waals surface area contributed by atoms with Crippen LogP contribution in [0.15, 0.2) is 36.4 Å². The summed E-state index contributed by atoms with van der Waals surface area (Å²) in [6.07, 6.45) is 35.4. The predicted molar refractivity (Wildman–Crippen MR) is 377 cm³/mol. The Morgan fingerprint density at radius 3 is 0.622 bits per heavy atom. The van der Waals surface area contributed by atoms with E-state index in [9.17, 15) is 64.8 Å². The van der Waals surface area contributed by atoms with Gasteiger partial charge in [-0.25, -0.2) is 0 Å². The van der Waals surface area contributed by atoms with E-state index in [2.05, 4.69) is 0 Å². The minimum absolute atomic E-state index is 0.230. The second-order valence-corrected chi connectivity index (χ2v) is 27.8. The van der Waals surface area contributed by atoms with Crippen molar-refractivity contribution >= 4 is 29.7 Å². The lowest BCUT2D eigenvalue weighted by Gasteiger charge is -2.22. The van der Waals surface area contributed by atoms with Gasteiger partial charge in [0.1, 0.15) is 44.7 Å². The standard InChI is InChI=1S/C77H130O21/c1-74(55-78,56-79)70(87)95-49-37-29-21-13-5-9-17-25-33-45-91-63-41-43-65(67(53-63)93-47-35-27-19-11-7-15-23-31-39-51-97-72(89)76(3,59-82)60-83)69(86)66-44-42-64(92-46-34-26-18-10-6-14-22-30-38-50-96-71(88)75(2,57-80)58-81)54-68(66)94-48-36-28-20-12-8-16-24-32-40-52-98-73(90)77(4,61-84)62-85/h41-44,53-54,78-85H,5-40,45-52,55-62H2,1-4H3. The first kappa shape index (κ1) is 89.0. The molecule has 8 N–H and O–H groups in total. The van der Waals surface area contributed by atoms with E-state index in [1.165, 1.54) is 27.7 Å². The van der Waals surface area contributed by atoms with Gasteiger partial charge < -0.3 is 78.7 Å². The zero-order valence-corrected chi connectivity index (χ0v) is 60.6. The molecule has 0 unspecified atom stereocenters. The minimum atomic E-state index is -1.28. The highest BCUT2D eigenvalue weighted by Gasteiger charge is 2.36. The summed E-state index contributed by atoms with van der Waals surface area (Å²) in [5.74, 6) is -0.413. The van der Waals surface area contributed by atoms with Gasteiger partial charge in [0.15, 0.2) is 5.78 Å². The van der Waals surface area contributed by atoms with Gasteiger partial charge in [-0.2, -0.15) is 0 Å². The third kappa shape index (κ3) is 37.0. The van der Waals surface area contributed by atoms with E-state index in [0.29, 0.717) is 60.6 Å². The third-order valence-corrected chi connectivity index (χ3v) is 18.3. The fourth-order valence-corrected chi connectivity index (χ4v) is 10.5. The molecule has 0 bridgehead atoms. The van der Waals surface area contributed by atoms with Crippen molar-refractivity contribution in [1.82, 2.24) is 0 Å². The monoisotopic (exact) mass is 1390 g/mol. The molecule has 0 saturated carbocycles. The predicted octanol–water partition coefficient (Wildman–Crippen LogP) is 12.6. The smallest absolute Gasteiger partial charge is 0.316 e. The molecule has 0 amide bonds. The number of aliphatic hydroxyl groups excluding tert-OH is 8. The Bertz CT molecular complexity index is 2240. The van der Waals surface area contributed by atoms with Crippen molar-refractivity contribution in [2.45, 2.75) is 259 Å². The Morgan fingerprint density at radius 2 is 0.429 bits per heavy atom. The van der Waals surface area contributed by atoms with Crippen LogP contribution in [0, 0.1) is 21.7 Å². The summed E-state index contributed by atoms with van der Waals surface area (Å²) in [5.41, 5.74) is -4.30. The summed E-state index contributed by atoms with van der Waals surface area (Å²) < 4.78 is 46.6. The Morgan fingerprint density at radius 1 is 0.255 bits per heavy atom. The lowest BCUT2D eigenvalue weighted by atomic mass is 9.93. The third-order valence-electron chi connectivity index (χ3n) is 18.3. The molecule has 0 radical (unpaired) electrons. The zero-order chi connectivity index (χ0) is 72.0. The van der Waals surface area contributed by atoms with E-state index < -0.39 is 98.4 Å². The van der Waals surface area contributed by atoms with Gasteiger partial charge in [-0.05, 0) is 103 Å². The molecule has 0 fully saturated rings. The van der Waals surface area contributed by atoms with Gasteiger partial charge in [0.2, 0.25) is 0 Å². The number of ketones is 1. The Labute approximate surface area is 586 Å².